The number of rotatable bonds is 4. The Labute approximate surface area is 131 Å². The van der Waals surface area contributed by atoms with Crippen molar-refractivity contribution >= 4 is 17.5 Å². The molecule has 2 amide bonds. The molecule has 0 aliphatic carbocycles. The second-order valence-electron chi connectivity index (χ2n) is 6.52. The van der Waals surface area contributed by atoms with Gasteiger partial charge in [-0.15, -0.1) is 0 Å². The van der Waals surface area contributed by atoms with Crippen molar-refractivity contribution in [2.45, 2.75) is 26.3 Å². The summed E-state index contributed by atoms with van der Waals surface area (Å²) in [5, 5.41) is 2.78. The summed E-state index contributed by atoms with van der Waals surface area (Å²) in [5.41, 5.74) is 0.263. The van der Waals surface area contributed by atoms with E-state index in [1.165, 1.54) is 18.0 Å². The average Bonchev–Trinajstić information content (AvgIpc) is 2.34. The highest BCUT2D eigenvalue weighted by Crippen LogP contribution is 2.19. The lowest BCUT2D eigenvalue weighted by Crippen LogP contribution is -2.46. The molecule has 122 valence electrons. The largest absolute Gasteiger partial charge is 0.375 e. The molecule has 0 radical (unpaired) electrons. The minimum atomic E-state index is -0.469. The lowest BCUT2D eigenvalue weighted by molar-refractivity contribution is -0.122. The van der Waals surface area contributed by atoms with Gasteiger partial charge in [0.15, 0.2) is 0 Å². The zero-order valence-electron chi connectivity index (χ0n) is 14.0. The van der Waals surface area contributed by atoms with E-state index in [-0.39, 0.29) is 23.6 Å². The third-order valence-electron chi connectivity index (χ3n) is 2.92. The molecule has 22 heavy (non-hydrogen) atoms. The van der Waals surface area contributed by atoms with Gasteiger partial charge < -0.3 is 15.1 Å². The van der Waals surface area contributed by atoms with Crippen LogP contribution in [0.5, 0.6) is 0 Å². The molecule has 0 aromatic heterocycles. The number of hydrogen-bond donors (Lipinski definition) is 1. The maximum atomic E-state index is 13.9. The Hall–Kier alpha value is -2.11. The van der Waals surface area contributed by atoms with Crippen LogP contribution in [-0.4, -0.2) is 49.9 Å². The van der Waals surface area contributed by atoms with E-state index in [4.69, 9.17) is 0 Å². The highest BCUT2D eigenvalue weighted by Gasteiger charge is 2.19. The quantitative estimate of drug-likeness (QED) is 0.924. The molecule has 1 aromatic carbocycles. The smallest absolute Gasteiger partial charge is 0.254 e. The van der Waals surface area contributed by atoms with Crippen molar-refractivity contribution in [2.75, 3.05) is 32.6 Å². The summed E-state index contributed by atoms with van der Waals surface area (Å²) < 4.78 is 13.9. The van der Waals surface area contributed by atoms with Crippen LogP contribution in [0.4, 0.5) is 10.1 Å². The van der Waals surface area contributed by atoms with E-state index in [1.54, 1.807) is 31.1 Å². The fourth-order valence-electron chi connectivity index (χ4n) is 1.97. The molecule has 0 unspecified atom stereocenters. The summed E-state index contributed by atoms with van der Waals surface area (Å²) in [6.07, 6.45) is 0. The van der Waals surface area contributed by atoms with Crippen LogP contribution in [0.3, 0.4) is 0 Å². The predicted molar refractivity (Wildman–Crippen MR) is 85.6 cm³/mol. The van der Waals surface area contributed by atoms with Gasteiger partial charge in [-0.3, -0.25) is 9.59 Å². The van der Waals surface area contributed by atoms with Crippen molar-refractivity contribution in [1.29, 1.82) is 0 Å². The first-order valence-corrected chi connectivity index (χ1v) is 7.04. The maximum absolute atomic E-state index is 13.9. The Balaban J connectivity index is 2.79. The Bertz CT molecular complexity index is 565. The van der Waals surface area contributed by atoms with Crippen LogP contribution in [0.2, 0.25) is 0 Å². The van der Waals surface area contributed by atoms with Gasteiger partial charge in [0.25, 0.3) is 5.91 Å². The number of benzene rings is 1. The molecule has 0 saturated heterocycles. The second-order valence-corrected chi connectivity index (χ2v) is 6.52. The third-order valence-corrected chi connectivity index (χ3v) is 2.92. The monoisotopic (exact) mass is 309 g/mol. The Morgan fingerprint density at radius 1 is 1.18 bits per heavy atom. The molecule has 0 aliphatic heterocycles. The fourth-order valence-corrected chi connectivity index (χ4v) is 1.97. The van der Waals surface area contributed by atoms with Crippen molar-refractivity contribution < 1.29 is 14.0 Å². The molecule has 0 atom stereocenters. The Morgan fingerprint density at radius 2 is 1.77 bits per heavy atom. The summed E-state index contributed by atoms with van der Waals surface area (Å²) in [5.74, 6) is -1.12. The number of nitrogens with zero attached hydrogens (tertiary/aromatic N) is 2. The first-order valence-electron chi connectivity index (χ1n) is 7.04. The number of halogens is 1. The molecule has 0 bridgehead atoms. The summed E-state index contributed by atoms with van der Waals surface area (Å²) in [7, 11) is 4.97. The van der Waals surface area contributed by atoms with Gasteiger partial charge in [-0.1, -0.05) is 0 Å². The lowest BCUT2D eigenvalue weighted by atomic mass is 10.1. The van der Waals surface area contributed by atoms with Crippen LogP contribution >= 0.6 is 0 Å². The molecule has 6 heteroatoms. The Morgan fingerprint density at radius 3 is 2.23 bits per heavy atom. The van der Waals surface area contributed by atoms with Gasteiger partial charge in [-0.25, -0.2) is 4.39 Å². The number of carbonyl (C=O) groups excluding carboxylic acids is 2. The van der Waals surface area contributed by atoms with Crippen LogP contribution in [-0.2, 0) is 4.79 Å². The first-order chi connectivity index (χ1) is 10.0. The predicted octanol–water partition coefficient (Wildman–Crippen LogP) is 1.88. The molecular formula is C16H24FN3O2. The normalized spacial score (nSPS) is 11.0. The zero-order chi connectivity index (χ0) is 17.1. The maximum Gasteiger partial charge on any atom is 0.254 e. The number of nitrogens with one attached hydrogen (secondary N) is 1. The fraction of sp³-hybridized carbons (Fsp3) is 0.500. The van der Waals surface area contributed by atoms with Crippen molar-refractivity contribution in [3.05, 3.63) is 29.6 Å². The van der Waals surface area contributed by atoms with E-state index in [1.807, 2.05) is 20.8 Å². The van der Waals surface area contributed by atoms with Crippen LogP contribution in [0.15, 0.2) is 18.2 Å². The van der Waals surface area contributed by atoms with Gasteiger partial charge in [0.05, 0.1) is 12.2 Å². The number of anilines is 1. The van der Waals surface area contributed by atoms with E-state index in [0.717, 1.165) is 0 Å². The van der Waals surface area contributed by atoms with E-state index < -0.39 is 11.7 Å². The van der Waals surface area contributed by atoms with Crippen molar-refractivity contribution in [3.63, 3.8) is 0 Å². The van der Waals surface area contributed by atoms with Crippen LogP contribution in [0, 0.1) is 5.82 Å². The van der Waals surface area contributed by atoms with Crippen LogP contribution in [0.25, 0.3) is 0 Å². The molecule has 0 spiro atoms. The second kappa shape index (κ2) is 6.77. The van der Waals surface area contributed by atoms with Crippen LogP contribution in [0.1, 0.15) is 31.1 Å². The van der Waals surface area contributed by atoms with Crippen LogP contribution < -0.4 is 10.2 Å². The molecule has 5 nitrogen and oxygen atoms in total. The van der Waals surface area contributed by atoms with E-state index in [9.17, 15) is 14.0 Å². The van der Waals surface area contributed by atoms with Gasteiger partial charge in [0.1, 0.15) is 5.82 Å². The molecule has 0 aliphatic rings. The van der Waals surface area contributed by atoms with E-state index in [0.29, 0.717) is 5.69 Å². The SMILES string of the molecule is CN(CC(=O)NC(C)(C)C)C(=O)c1ccc(N(C)C)c(F)c1. The van der Waals surface area contributed by atoms with Crippen molar-refractivity contribution in [1.82, 2.24) is 10.2 Å². The first kappa shape index (κ1) is 17.9. The molecule has 0 saturated carbocycles. The summed E-state index contributed by atoms with van der Waals surface area (Å²) in [6, 6.07) is 4.29. The molecule has 1 aromatic rings. The number of amides is 2. The molecule has 1 rings (SSSR count). The van der Waals surface area contributed by atoms with E-state index in [2.05, 4.69) is 5.32 Å². The summed E-state index contributed by atoms with van der Waals surface area (Å²) in [6.45, 7) is 5.51. The van der Waals surface area contributed by atoms with Gasteiger partial charge in [0, 0.05) is 32.2 Å². The van der Waals surface area contributed by atoms with Gasteiger partial charge in [-0.2, -0.15) is 0 Å². The van der Waals surface area contributed by atoms with Gasteiger partial charge in [0.2, 0.25) is 5.91 Å². The van der Waals surface area contributed by atoms with Gasteiger partial charge >= 0.3 is 0 Å². The minimum Gasteiger partial charge on any atom is -0.375 e. The number of carbonyl (C=O) groups is 2. The molecular weight excluding hydrogens is 285 g/mol. The average molecular weight is 309 g/mol. The minimum absolute atomic E-state index is 0.0762. The highest BCUT2D eigenvalue weighted by atomic mass is 19.1. The van der Waals surface area contributed by atoms with Gasteiger partial charge in [-0.05, 0) is 39.0 Å². The molecule has 1 N–H and O–H groups in total. The number of likely N-dealkylation sites (N-methyl/N-ethyl adjacent to an activating group) is 1. The summed E-state index contributed by atoms with van der Waals surface area (Å²) >= 11 is 0. The Kier molecular flexibility index (Phi) is 5.52. The van der Waals surface area contributed by atoms with Crippen molar-refractivity contribution in [3.8, 4) is 0 Å². The van der Waals surface area contributed by atoms with E-state index >= 15 is 0 Å². The molecule has 0 heterocycles. The number of hydrogen-bond acceptors (Lipinski definition) is 3. The lowest BCUT2D eigenvalue weighted by Gasteiger charge is -2.23. The summed E-state index contributed by atoms with van der Waals surface area (Å²) in [4.78, 5) is 27.0. The topological polar surface area (TPSA) is 52.7 Å². The van der Waals surface area contributed by atoms with Crippen molar-refractivity contribution in [2.24, 2.45) is 0 Å². The molecule has 0 fully saturated rings. The standard InChI is InChI=1S/C16H24FN3O2/c1-16(2,3)18-14(21)10-20(6)15(22)11-7-8-13(19(4)5)12(17)9-11/h7-9H,10H2,1-6H3,(H,18,21). The third kappa shape index (κ3) is 5.02. The highest BCUT2D eigenvalue weighted by molar-refractivity contribution is 5.96. The zero-order valence-corrected chi connectivity index (χ0v) is 14.0.